The second-order valence-electron chi connectivity index (χ2n) is 6.49. The van der Waals surface area contributed by atoms with E-state index in [1.54, 1.807) is 0 Å². The van der Waals surface area contributed by atoms with Gasteiger partial charge in [-0.05, 0) is 47.2 Å². The van der Waals surface area contributed by atoms with E-state index in [0.717, 1.165) is 44.5 Å². The monoisotopic (exact) mass is 298 g/mol. The number of carbonyl (C=O) groups is 1. The molecule has 3 heteroatoms. The van der Waals surface area contributed by atoms with Crippen molar-refractivity contribution >= 4 is 5.78 Å². The third-order valence-electron chi connectivity index (χ3n) is 5.32. The van der Waals surface area contributed by atoms with Gasteiger partial charge in [0.15, 0.2) is 11.2 Å². The van der Waals surface area contributed by atoms with Gasteiger partial charge in [-0.2, -0.15) is 10.5 Å². The summed E-state index contributed by atoms with van der Waals surface area (Å²) in [6.45, 7) is 3.96. The highest BCUT2D eigenvalue weighted by Crippen LogP contribution is 2.48. The Hall–Kier alpha value is -2.91. The third-order valence-corrected chi connectivity index (χ3v) is 5.32. The van der Waals surface area contributed by atoms with Crippen LogP contribution in [0, 0.1) is 41.9 Å². The van der Waals surface area contributed by atoms with Crippen molar-refractivity contribution in [3.05, 3.63) is 57.6 Å². The Morgan fingerprint density at radius 3 is 2.00 bits per heavy atom. The molecule has 0 aliphatic heterocycles. The first-order valence-corrected chi connectivity index (χ1v) is 7.64. The molecule has 2 aromatic rings. The Labute approximate surface area is 134 Å². The van der Waals surface area contributed by atoms with Gasteiger partial charge in [0.05, 0.1) is 12.1 Å². The maximum absolute atomic E-state index is 12.8. The van der Waals surface area contributed by atoms with E-state index in [4.69, 9.17) is 0 Å². The maximum Gasteiger partial charge on any atom is 0.194 e. The summed E-state index contributed by atoms with van der Waals surface area (Å²) in [4.78, 5) is 12.8. The molecule has 0 spiro atoms. The largest absolute Gasteiger partial charge is 0.289 e. The van der Waals surface area contributed by atoms with Crippen LogP contribution in [0.3, 0.4) is 0 Å². The Morgan fingerprint density at radius 2 is 1.43 bits per heavy atom. The third kappa shape index (κ3) is 1.54. The van der Waals surface area contributed by atoms with Gasteiger partial charge in [0.2, 0.25) is 0 Å². The summed E-state index contributed by atoms with van der Waals surface area (Å²) in [6.07, 6.45) is 0.866. The Bertz CT molecular complexity index is 972. The summed E-state index contributed by atoms with van der Waals surface area (Å²) in [5.41, 5.74) is 6.57. The first-order valence-electron chi connectivity index (χ1n) is 7.64. The SMILES string of the molecule is Cc1c2c(c(C)c3c1C(=O)c1ccccc1-3)CC(C#N)(C#N)C2. The van der Waals surface area contributed by atoms with Gasteiger partial charge in [0.1, 0.15) is 0 Å². The molecule has 2 aliphatic rings. The predicted octanol–water partition coefficient (Wildman–Crippen LogP) is 3.65. The van der Waals surface area contributed by atoms with Gasteiger partial charge in [-0.3, -0.25) is 4.79 Å². The lowest BCUT2D eigenvalue weighted by atomic mass is 9.88. The van der Waals surface area contributed by atoms with Gasteiger partial charge >= 0.3 is 0 Å². The Balaban J connectivity index is 2.06. The highest BCUT2D eigenvalue weighted by Gasteiger charge is 2.43. The highest BCUT2D eigenvalue weighted by atomic mass is 16.1. The quantitative estimate of drug-likeness (QED) is 0.636. The van der Waals surface area contributed by atoms with Crippen LogP contribution in [-0.4, -0.2) is 5.78 Å². The van der Waals surface area contributed by atoms with Crippen molar-refractivity contribution in [2.24, 2.45) is 5.41 Å². The molecule has 0 radical (unpaired) electrons. The minimum atomic E-state index is -0.991. The fraction of sp³-hybridized carbons (Fsp3) is 0.250. The van der Waals surface area contributed by atoms with Gasteiger partial charge in [-0.15, -0.1) is 0 Å². The van der Waals surface area contributed by atoms with Gasteiger partial charge in [-0.1, -0.05) is 24.3 Å². The van der Waals surface area contributed by atoms with Crippen molar-refractivity contribution in [3.8, 4) is 23.3 Å². The number of benzene rings is 2. The molecule has 110 valence electrons. The number of hydrogen-bond donors (Lipinski definition) is 0. The first-order chi connectivity index (χ1) is 11.0. The zero-order valence-corrected chi connectivity index (χ0v) is 13.0. The number of nitriles is 2. The number of hydrogen-bond acceptors (Lipinski definition) is 3. The van der Waals surface area contributed by atoms with Crippen LogP contribution in [0.25, 0.3) is 11.1 Å². The van der Waals surface area contributed by atoms with Crippen LogP contribution >= 0.6 is 0 Å². The normalized spacial score (nSPS) is 16.3. The molecule has 23 heavy (non-hydrogen) atoms. The van der Waals surface area contributed by atoms with Crippen molar-refractivity contribution in [1.82, 2.24) is 0 Å². The molecule has 0 amide bonds. The van der Waals surface area contributed by atoms with Crippen LogP contribution in [0.5, 0.6) is 0 Å². The first kappa shape index (κ1) is 13.7. The molecule has 0 aromatic heterocycles. The molecule has 0 atom stereocenters. The van der Waals surface area contributed by atoms with E-state index < -0.39 is 5.41 Å². The highest BCUT2D eigenvalue weighted by molar-refractivity contribution is 6.23. The fourth-order valence-electron chi connectivity index (χ4n) is 4.11. The van der Waals surface area contributed by atoms with Gasteiger partial charge in [0, 0.05) is 24.0 Å². The molecule has 3 nitrogen and oxygen atoms in total. The minimum Gasteiger partial charge on any atom is -0.289 e. The smallest absolute Gasteiger partial charge is 0.194 e. The summed E-state index contributed by atoms with van der Waals surface area (Å²) >= 11 is 0. The minimum absolute atomic E-state index is 0.0606. The van der Waals surface area contributed by atoms with Crippen molar-refractivity contribution in [2.75, 3.05) is 0 Å². The number of ketones is 1. The second kappa shape index (κ2) is 4.31. The molecule has 2 aromatic carbocycles. The Kier molecular flexibility index (Phi) is 2.57. The number of carbonyl (C=O) groups excluding carboxylic acids is 1. The fourth-order valence-corrected chi connectivity index (χ4v) is 4.11. The average molecular weight is 298 g/mol. The van der Waals surface area contributed by atoms with Crippen LogP contribution in [0.15, 0.2) is 24.3 Å². The lowest BCUT2D eigenvalue weighted by Gasteiger charge is -2.14. The van der Waals surface area contributed by atoms with E-state index in [1.165, 1.54) is 0 Å². The zero-order valence-electron chi connectivity index (χ0n) is 13.0. The summed E-state index contributed by atoms with van der Waals surface area (Å²) < 4.78 is 0. The molecule has 0 saturated carbocycles. The molecule has 0 saturated heterocycles. The van der Waals surface area contributed by atoms with Crippen molar-refractivity contribution in [1.29, 1.82) is 10.5 Å². The summed E-state index contributed by atoms with van der Waals surface area (Å²) in [5.74, 6) is 0.0606. The molecule has 0 unspecified atom stereocenters. The van der Waals surface area contributed by atoms with Crippen LogP contribution in [0.2, 0.25) is 0 Å². The van der Waals surface area contributed by atoms with Crippen LogP contribution in [-0.2, 0) is 12.8 Å². The van der Waals surface area contributed by atoms with E-state index in [1.807, 2.05) is 38.1 Å². The van der Waals surface area contributed by atoms with Crippen molar-refractivity contribution < 1.29 is 4.79 Å². The summed E-state index contributed by atoms with van der Waals surface area (Å²) in [5, 5.41) is 18.9. The van der Waals surface area contributed by atoms with E-state index in [2.05, 4.69) is 12.1 Å². The van der Waals surface area contributed by atoms with Gasteiger partial charge < -0.3 is 0 Å². The Morgan fingerprint density at radius 1 is 0.913 bits per heavy atom. The molecule has 0 fully saturated rings. The lowest BCUT2D eigenvalue weighted by molar-refractivity contribution is 0.104. The molecule has 0 N–H and O–H groups in total. The number of rotatable bonds is 0. The number of nitrogens with zero attached hydrogens (tertiary/aromatic N) is 2. The van der Waals surface area contributed by atoms with Crippen molar-refractivity contribution in [3.63, 3.8) is 0 Å². The van der Waals surface area contributed by atoms with E-state index in [0.29, 0.717) is 12.8 Å². The van der Waals surface area contributed by atoms with E-state index in [9.17, 15) is 15.3 Å². The van der Waals surface area contributed by atoms with E-state index in [-0.39, 0.29) is 5.78 Å². The molecule has 4 rings (SSSR count). The number of fused-ring (bicyclic) bond motifs is 4. The molecule has 0 heterocycles. The lowest BCUT2D eigenvalue weighted by Crippen LogP contribution is -2.15. The van der Waals surface area contributed by atoms with Gasteiger partial charge in [-0.25, -0.2) is 0 Å². The predicted molar refractivity (Wildman–Crippen MR) is 85.9 cm³/mol. The van der Waals surface area contributed by atoms with Gasteiger partial charge in [0.25, 0.3) is 0 Å². The molecular formula is C20H14N2O. The zero-order chi connectivity index (χ0) is 16.4. The van der Waals surface area contributed by atoms with Crippen molar-refractivity contribution in [2.45, 2.75) is 26.7 Å². The average Bonchev–Trinajstić information content (AvgIpc) is 3.11. The topological polar surface area (TPSA) is 64.7 Å². The second-order valence-corrected chi connectivity index (χ2v) is 6.49. The van der Waals surface area contributed by atoms with Crippen LogP contribution < -0.4 is 0 Å². The van der Waals surface area contributed by atoms with Crippen LogP contribution in [0.4, 0.5) is 0 Å². The molecule has 2 aliphatic carbocycles. The summed E-state index contributed by atoms with van der Waals surface area (Å²) in [7, 11) is 0. The standard InChI is InChI=1S/C20H14N2O/c1-11-15-7-20(9-21,10-22)8-16(15)12(2)18-17(11)13-5-3-4-6-14(13)19(18)23/h3-6H,7-8H2,1-2H3. The van der Waals surface area contributed by atoms with Crippen LogP contribution in [0.1, 0.15) is 38.2 Å². The molecule has 0 bridgehead atoms. The van der Waals surface area contributed by atoms with E-state index >= 15 is 0 Å². The molecular weight excluding hydrogens is 284 g/mol. The summed E-state index contributed by atoms with van der Waals surface area (Å²) in [6, 6.07) is 12.1. The maximum atomic E-state index is 12.8.